The Labute approximate surface area is 270 Å². The minimum absolute atomic E-state index is 0.0895. The van der Waals surface area contributed by atoms with Crippen molar-refractivity contribution < 1.29 is 23.9 Å². The number of carbonyl (C=O) groups excluding carboxylic acids is 4. The largest absolute Gasteiger partial charge is 0.447 e. The molecule has 3 fully saturated rings. The summed E-state index contributed by atoms with van der Waals surface area (Å²) in [5.41, 5.74) is 3.07. The zero-order valence-corrected chi connectivity index (χ0v) is 26.1. The molecule has 3 amide bonds. The van der Waals surface area contributed by atoms with Gasteiger partial charge in [-0.15, -0.1) is 0 Å². The summed E-state index contributed by atoms with van der Waals surface area (Å²) in [6.07, 6.45) is 4.05. The number of carbonyl (C=O) groups is 4. The van der Waals surface area contributed by atoms with Crippen molar-refractivity contribution in [3.63, 3.8) is 0 Å². The first-order valence-corrected chi connectivity index (χ1v) is 16.0. The molecule has 3 aromatic rings. The first-order valence-electron chi connectivity index (χ1n) is 16.0. The van der Waals surface area contributed by atoms with E-state index in [1.54, 1.807) is 4.90 Å². The van der Waals surface area contributed by atoms with Crippen LogP contribution in [0.15, 0.2) is 97.1 Å². The quantitative estimate of drug-likeness (QED) is 0.299. The van der Waals surface area contributed by atoms with Crippen molar-refractivity contribution in [1.29, 1.82) is 0 Å². The van der Waals surface area contributed by atoms with Crippen LogP contribution < -0.4 is 0 Å². The molecule has 0 radical (unpaired) electrons. The Morgan fingerprint density at radius 1 is 0.870 bits per heavy atom. The fourth-order valence-corrected chi connectivity index (χ4v) is 6.72. The van der Waals surface area contributed by atoms with E-state index in [0.29, 0.717) is 13.1 Å². The normalized spacial score (nSPS) is 22.5. The van der Waals surface area contributed by atoms with Crippen LogP contribution in [-0.4, -0.2) is 101 Å². The van der Waals surface area contributed by atoms with Crippen LogP contribution in [0.3, 0.4) is 0 Å². The van der Waals surface area contributed by atoms with Gasteiger partial charge in [0.25, 0.3) is 0 Å². The highest BCUT2D eigenvalue weighted by atomic mass is 16.6. The minimum atomic E-state index is -0.962. The van der Waals surface area contributed by atoms with Gasteiger partial charge >= 0.3 is 6.09 Å². The number of hydrogen-bond acceptors (Lipinski definition) is 6. The van der Waals surface area contributed by atoms with E-state index >= 15 is 0 Å². The molecule has 6 rings (SSSR count). The molecule has 3 aromatic carbocycles. The number of ether oxygens (including phenoxy) is 1. The number of amides is 3. The second-order valence-electron chi connectivity index (χ2n) is 12.2. The van der Waals surface area contributed by atoms with Crippen molar-refractivity contribution in [2.75, 3.05) is 39.3 Å². The van der Waals surface area contributed by atoms with Crippen LogP contribution in [0.4, 0.5) is 4.79 Å². The Bertz CT molecular complexity index is 1560. The molecule has 238 valence electrons. The summed E-state index contributed by atoms with van der Waals surface area (Å²) in [6.45, 7) is 4.96. The number of Topliss-reactive ketones (excluding diaryl/α,β-unsaturated/α-hetero) is 1. The zero-order chi connectivity index (χ0) is 32.0. The van der Waals surface area contributed by atoms with E-state index in [9.17, 15) is 19.2 Å². The molecule has 3 aliphatic rings. The van der Waals surface area contributed by atoms with E-state index in [1.807, 2.05) is 91.0 Å². The van der Waals surface area contributed by atoms with E-state index in [2.05, 4.69) is 17.0 Å². The summed E-state index contributed by atoms with van der Waals surface area (Å²) in [7, 11) is 0. The molecule has 3 aliphatic heterocycles. The molecule has 0 N–H and O–H groups in total. The lowest BCUT2D eigenvalue weighted by Gasteiger charge is -2.53. The van der Waals surface area contributed by atoms with Crippen molar-refractivity contribution in [3.05, 3.63) is 114 Å². The summed E-state index contributed by atoms with van der Waals surface area (Å²) in [5.74, 6) is -0.764. The average molecular weight is 621 g/mol. The SMILES string of the molecule is CC(=O)C[C@@H](C(=O)N1CCN(CCc2ccccc2)CC1)N1C(=O)[C@@H](N2C(=O)OC[C@@H]2c2ccccc2)[C@H]1/C=C/c1ccccc1. The maximum atomic E-state index is 14.1. The molecule has 0 spiro atoms. The third kappa shape index (κ3) is 6.74. The molecule has 0 aliphatic carbocycles. The van der Waals surface area contributed by atoms with E-state index in [4.69, 9.17) is 4.74 Å². The lowest BCUT2D eigenvalue weighted by Crippen LogP contribution is -2.74. The maximum absolute atomic E-state index is 14.1. The van der Waals surface area contributed by atoms with Gasteiger partial charge < -0.3 is 14.5 Å². The van der Waals surface area contributed by atoms with Crippen LogP contribution in [0.1, 0.15) is 36.1 Å². The van der Waals surface area contributed by atoms with Crippen LogP contribution in [-0.2, 0) is 25.5 Å². The Morgan fingerprint density at radius 3 is 2.15 bits per heavy atom. The fourth-order valence-electron chi connectivity index (χ4n) is 6.72. The molecule has 9 heteroatoms. The summed E-state index contributed by atoms with van der Waals surface area (Å²) in [6, 6.07) is 26.6. The number of benzene rings is 3. The highest BCUT2D eigenvalue weighted by Gasteiger charge is 2.58. The van der Waals surface area contributed by atoms with Gasteiger partial charge in [-0.1, -0.05) is 103 Å². The molecule has 0 saturated carbocycles. The van der Waals surface area contributed by atoms with Gasteiger partial charge in [0.1, 0.15) is 24.5 Å². The molecule has 0 unspecified atom stereocenters. The third-order valence-corrected chi connectivity index (χ3v) is 9.18. The molecule has 9 nitrogen and oxygen atoms in total. The van der Waals surface area contributed by atoms with Gasteiger partial charge in [0.2, 0.25) is 11.8 Å². The van der Waals surface area contributed by atoms with Crippen molar-refractivity contribution in [3.8, 4) is 0 Å². The lowest BCUT2D eigenvalue weighted by atomic mass is 9.87. The molecule has 0 aromatic heterocycles. The third-order valence-electron chi connectivity index (χ3n) is 9.18. The fraction of sp³-hybridized carbons (Fsp3) is 0.351. The van der Waals surface area contributed by atoms with Crippen LogP contribution in [0.2, 0.25) is 0 Å². The average Bonchev–Trinajstić information content (AvgIpc) is 3.46. The maximum Gasteiger partial charge on any atom is 0.411 e. The molecule has 4 atom stereocenters. The van der Waals surface area contributed by atoms with Crippen molar-refractivity contribution in [2.24, 2.45) is 0 Å². The summed E-state index contributed by atoms with van der Waals surface area (Å²) >= 11 is 0. The topological polar surface area (TPSA) is 90.5 Å². The second-order valence-corrected chi connectivity index (χ2v) is 12.2. The van der Waals surface area contributed by atoms with Gasteiger partial charge in [-0.2, -0.15) is 0 Å². The van der Waals surface area contributed by atoms with Crippen LogP contribution in [0.5, 0.6) is 0 Å². The van der Waals surface area contributed by atoms with E-state index in [-0.39, 0.29) is 30.6 Å². The lowest BCUT2D eigenvalue weighted by molar-refractivity contribution is -0.166. The number of likely N-dealkylation sites (tertiary alicyclic amines) is 1. The standard InChI is InChI=1S/C37H40N4O5/c1-27(42)25-32(35(43)39-23-21-38(22-24-39)20-19-29-13-7-3-8-14-29)40-31(18-17-28-11-5-2-6-12-28)34(36(40)44)41-33(26-46-37(41)45)30-15-9-4-10-16-30/h2-18,31-34H,19-26H2,1H3/b18-17+/t31-,32+,33-,34+/m1/s1. The summed E-state index contributed by atoms with van der Waals surface area (Å²) in [5, 5.41) is 0. The molecular formula is C37H40N4O5. The van der Waals surface area contributed by atoms with Crippen molar-refractivity contribution >= 4 is 29.8 Å². The number of hydrogen-bond donors (Lipinski definition) is 0. The van der Waals surface area contributed by atoms with Gasteiger partial charge in [0, 0.05) is 39.1 Å². The van der Waals surface area contributed by atoms with Crippen LogP contribution >= 0.6 is 0 Å². The van der Waals surface area contributed by atoms with Gasteiger partial charge in [-0.05, 0) is 30.0 Å². The predicted octanol–water partition coefficient (Wildman–Crippen LogP) is 4.21. The van der Waals surface area contributed by atoms with Gasteiger partial charge in [-0.25, -0.2) is 4.79 Å². The molecule has 0 bridgehead atoms. The molecular weight excluding hydrogens is 580 g/mol. The van der Waals surface area contributed by atoms with Gasteiger partial charge in [0.05, 0.1) is 12.1 Å². The van der Waals surface area contributed by atoms with Crippen molar-refractivity contribution in [1.82, 2.24) is 19.6 Å². The molecule has 3 saturated heterocycles. The number of β-lactam (4-membered cyclic amide) rings is 1. The zero-order valence-electron chi connectivity index (χ0n) is 26.1. The Morgan fingerprint density at radius 2 is 1.50 bits per heavy atom. The number of rotatable bonds is 11. The number of nitrogens with zero attached hydrogens (tertiary/aromatic N) is 4. The summed E-state index contributed by atoms with van der Waals surface area (Å²) in [4.78, 5) is 61.1. The minimum Gasteiger partial charge on any atom is -0.447 e. The summed E-state index contributed by atoms with van der Waals surface area (Å²) < 4.78 is 5.47. The van der Waals surface area contributed by atoms with E-state index < -0.39 is 30.3 Å². The molecule has 3 heterocycles. The first kappa shape index (κ1) is 31.2. The molecule has 46 heavy (non-hydrogen) atoms. The van der Waals surface area contributed by atoms with Crippen LogP contribution in [0, 0.1) is 0 Å². The van der Waals surface area contributed by atoms with E-state index in [1.165, 1.54) is 22.3 Å². The monoisotopic (exact) mass is 620 g/mol. The number of cyclic esters (lactones) is 1. The smallest absolute Gasteiger partial charge is 0.411 e. The van der Waals surface area contributed by atoms with E-state index in [0.717, 1.165) is 37.2 Å². The Hall–Kier alpha value is -4.76. The Kier molecular flexibility index (Phi) is 9.59. The predicted molar refractivity (Wildman–Crippen MR) is 175 cm³/mol. The first-order chi connectivity index (χ1) is 22.4. The highest BCUT2D eigenvalue weighted by Crippen LogP contribution is 2.39. The number of piperazine rings is 1. The van der Waals surface area contributed by atoms with Crippen molar-refractivity contribution in [2.45, 2.75) is 43.9 Å². The Balaban J connectivity index is 1.22. The van der Waals surface area contributed by atoms with Crippen LogP contribution in [0.25, 0.3) is 6.08 Å². The second kappa shape index (κ2) is 14.1. The van der Waals surface area contributed by atoms with Gasteiger partial charge in [-0.3, -0.25) is 24.2 Å². The number of ketones is 1. The van der Waals surface area contributed by atoms with Gasteiger partial charge in [0.15, 0.2) is 0 Å². The highest BCUT2D eigenvalue weighted by molar-refractivity contribution is 5.99.